The molecule has 3 rings (SSSR count). The predicted octanol–water partition coefficient (Wildman–Crippen LogP) is 2.85. The van der Waals surface area contributed by atoms with E-state index in [1.807, 2.05) is 19.1 Å². The Hall–Kier alpha value is -0.930. The second kappa shape index (κ2) is 5.22. The van der Waals surface area contributed by atoms with Gasteiger partial charge in [-0.2, -0.15) is 0 Å². The first-order valence-corrected chi connectivity index (χ1v) is 7.33. The normalized spacial score (nSPS) is 30.0. The largest absolute Gasteiger partial charge is 0.311 e. The van der Waals surface area contributed by atoms with Gasteiger partial charge >= 0.3 is 0 Å². The fourth-order valence-electron chi connectivity index (χ4n) is 3.61. The first kappa shape index (κ1) is 13.1. The minimum absolute atomic E-state index is 0.0747. The van der Waals surface area contributed by atoms with Crippen LogP contribution in [-0.4, -0.2) is 30.1 Å². The van der Waals surface area contributed by atoms with Gasteiger partial charge in [0.25, 0.3) is 0 Å². The monoisotopic (exact) mass is 262 g/mol. The molecule has 2 bridgehead atoms. The fourth-order valence-corrected chi connectivity index (χ4v) is 3.61. The molecule has 0 amide bonds. The summed E-state index contributed by atoms with van der Waals surface area (Å²) in [5, 5.41) is 3.66. The molecule has 1 aromatic carbocycles. The second-order valence-electron chi connectivity index (χ2n) is 6.27. The maximum atomic E-state index is 13.8. The van der Waals surface area contributed by atoms with Gasteiger partial charge in [-0.3, -0.25) is 4.90 Å². The van der Waals surface area contributed by atoms with E-state index in [2.05, 4.69) is 17.3 Å². The Bertz CT molecular complexity index is 448. The first-order chi connectivity index (χ1) is 9.11. The summed E-state index contributed by atoms with van der Waals surface area (Å²) in [5.74, 6) is -0.0747. The number of piperidine rings is 1. The van der Waals surface area contributed by atoms with Crippen LogP contribution in [0.1, 0.15) is 36.8 Å². The molecule has 104 valence electrons. The van der Waals surface area contributed by atoms with Gasteiger partial charge in [0.1, 0.15) is 5.82 Å². The van der Waals surface area contributed by atoms with Crippen LogP contribution in [0.25, 0.3) is 0 Å². The number of aryl methyl sites for hydroxylation is 1. The molecule has 3 heteroatoms. The Kier molecular flexibility index (Phi) is 3.59. The molecule has 2 nitrogen and oxygen atoms in total. The molecule has 2 unspecified atom stereocenters. The number of fused-ring (bicyclic) bond motifs is 2. The van der Waals surface area contributed by atoms with Crippen LogP contribution >= 0.6 is 0 Å². The van der Waals surface area contributed by atoms with Gasteiger partial charge in [0.15, 0.2) is 0 Å². The average molecular weight is 262 g/mol. The lowest BCUT2D eigenvalue weighted by Gasteiger charge is -2.35. The van der Waals surface area contributed by atoms with Crippen molar-refractivity contribution in [2.24, 2.45) is 0 Å². The number of rotatable bonds is 3. The summed E-state index contributed by atoms with van der Waals surface area (Å²) < 4.78 is 13.8. The summed E-state index contributed by atoms with van der Waals surface area (Å²) in [7, 11) is 2.14. The van der Waals surface area contributed by atoms with Crippen molar-refractivity contribution in [2.75, 3.05) is 7.05 Å². The summed E-state index contributed by atoms with van der Waals surface area (Å²) in [6.45, 7) is 2.74. The second-order valence-corrected chi connectivity index (χ2v) is 6.27. The van der Waals surface area contributed by atoms with Gasteiger partial charge in [0.2, 0.25) is 0 Å². The van der Waals surface area contributed by atoms with Crippen molar-refractivity contribution < 1.29 is 4.39 Å². The topological polar surface area (TPSA) is 15.3 Å². The number of halogens is 1. The number of hydrogen-bond donors (Lipinski definition) is 1. The Morgan fingerprint density at radius 1 is 1.26 bits per heavy atom. The third kappa shape index (κ3) is 2.82. The summed E-state index contributed by atoms with van der Waals surface area (Å²) in [4.78, 5) is 2.34. The van der Waals surface area contributed by atoms with Gasteiger partial charge < -0.3 is 5.32 Å². The fraction of sp³-hybridized carbons (Fsp3) is 0.625. The van der Waals surface area contributed by atoms with E-state index in [0.717, 1.165) is 17.7 Å². The van der Waals surface area contributed by atoms with Gasteiger partial charge in [-0.25, -0.2) is 4.39 Å². The van der Waals surface area contributed by atoms with E-state index in [1.165, 1.54) is 25.7 Å². The third-order valence-electron chi connectivity index (χ3n) is 4.69. The molecule has 0 radical (unpaired) electrons. The maximum absolute atomic E-state index is 13.8. The minimum atomic E-state index is -0.0747. The molecule has 2 atom stereocenters. The maximum Gasteiger partial charge on any atom is 0.127 e. The lowest BCUT2D eigenvalue weighted by Crippen LogP contribution is -2.46. The van der Waals surface area contributed by atoms with E-state index in [9.17, 15) is 4.39 Å². The molecule has 1 N–H and O–H groups in total. The number of nitrogens with zero attached hydrogens (tertiary/aromatic N) is 1. The highest BCUT2D eigenvalue weighted by Gasteiger charge is 2.35. The smallest absolute Gasteiger partial charge is 0.127 e. The number of hydrogen-bond acceptors (Lipinski definition) is 2. The molecule has 1 aromatic rings. The highest BCUT2D eigenvalue weighted by molar-refractivity contribution is 5.24. The molecule has 2 aliphatic heterocycles. The van der Waals surface area contributed by atoms with E-state index in [0.29, 0.717) is 18.1 Å². The highest BCUT2D eigenvalue weighted by Crippen LogP contribution is 2.30. The third-order valence-corrected chi connectivity index (χ3v) is 4.69. The molecule has 2 saturated heterocycles. The van der Waals surface area contributed by atoms with Crippen molar-refractivity contribution in [1.29, 1.82) is 0 Å². The molecule has 0 saturated carbocycles. The van der Waals surface area contributed by atoms with Crippen LogP contribution in [0.15, 0.2) is 18.2 Å². The van der Waals surface area contributed by atoms with Crippen molar-refractivity contribution in [1.82, 2.24) is 10.2 Å². The molecule has 0 aromatic heterocycles. The molecule has 19 heavy (non-hydrogen) atoms. The Morgan fingerprint density at radius 3 is 2.63 bits per heavy atom. The van der Waals surface area contributed by atoms with E-state index in [-0.39, 0.29) is 5.82 Å². The van der Waals surface area contributed by atoms with Crippen molar-refractivity contribution in [2.45, 2.75) is 57.3 Å². The van der Waals surface area contributed by atoms with Gasteiger partial charge in [-0.05, 0) is 45.7 Å². The number of benzene rings is 1. The summed E-state index contributed by atoms with van der Waals surface area (Å²) in [6.07, 6.45) is 5.04. The number of nitrogens with one attached hydrogen (secondary N) is 1. The summed E-state index contributed by atoms with van der Waals surface area (Å²) in [5.41, 5.74) is 1.96. The highest BCUT2D eigenvalue weighted by atomic mass is 19.1. The van der Waals surface area contributed by atoms with Gasteiger partial charge in [-0.1, -0.05) is 17.7 Å². The van der Waals surface area contributed by atoms with E-state index >= 15 is 0 Å². The Labute approximate surface area is 115 Å². The van der Waals surface area contributed by atoms with Crippen LogP contribution in [0, 0.1) is 12.7 Å². The van der Waals surface area contributed by atoms with Gasteiger partial charge in [-0.15, -0.1) is 0 Å². The van der Waals surface area contributed by atoms with Crippen LogP contribution in [0.4, 0.5) is 4.39 Å². The van der Waals surface area contributed by atoms with Crippen molar-refractivity contribution in [3.8, 4) is 0 Å². The zero-order valence-electron chi connectivity index (χ0n) is 11.8. The van der Waals surface area contributed by atoms with Gasteiger partial charge in [0, 0.05) is 30.2 Å². The first-order valence-electron chi connectivity index (χ1n) is 7.33. The van der Waals surface area contributed by atoms with E-state index in [4.69, 9.17) is 0 Å². The quantitative estimate of drug-likeness (QED) is 0.901. The standard InChI is InChI=1S/C16H23FN2/c1-11-3-6-16(17)12(7-11)10-19(2)15-8-13-4-5-14(9-15)18-13/h3,6-7,13-15,18H,4-5,8-10H2,1-2H3. The van der Waals surface area contributed by atoms with Crippen molar-refractivity contribution >= 4 is 0 Å². The Balaban J connectivity index is 1.67. The lowest BCUT2D eigenvalue weighted by molar-refractivity contribution is 0.164. The predicted molar refractivity (Wildman–Crippen MR) is 75.6 cm³/mol. The molecule has 0 spiro atoms. The van der Waals surface area contributed by atoms with Crippen LogP contribution in [-0.2, 0) is 6.54 Å². The molecule has 2 aliphatic rings. The molecular formula is C16H23FN2. The molecular weight excluding hydrogens is 239 g/mol. The van der Waals surface area contributed by atoms with Crippen LogP contribution in [0.3, 0.4) is 0 Å². The molecule has 2 heterocycles. The van der Waals surface area contributed by atoms with Crippen LogP contribution < -0.4 is 5.32 Å². The lowest BCUT2D eigenvalue weighted by atomic mass is 9.98. The zero-order valence-corrected chi connectivity index (χ0v) is 11.8. The van der Waals surface area contributed by atoms with Crippen LogP contribution in [0.5, 0.6) is 0 Å². The summed E-state index contributed by atoms with van der Waals surface area (Å²) >= 11 is 0. The Morgan fingerprint density at radius 2 is 1.95 bits per heavy atom. The average Bonchev–Trinajstić information content (AvgIpc) is 2.72. The molecule has 0 aliphatic carbocycles. The minimum Gasteiger partial charge on any atom is -0.311 e. The van der Waals surface area contributed by atoms with Gasteiger partial charge in [0.05, 0.1) is 0 Å². The van der Waals surface area contributed by atoms with Crippen molar-refractivity contribution in [3.63, 3.8) is 0 Å². The van der Waals surface area contributed by atoms with Crippen LogP contribution in [0.2, 0.25) is 0 Å². The zero-order chi connectivity index (χ0) is 13.4. The van der Waals surface area contributed by atoms with E-state index in [1.54, 1.807) is 6.07 Å². The summed E-state index contributed by atoms with van der Waals surface area (Å²) in [6, 6.07) is 7.37. The SMILES string of the molecule is Cc1ccc(F)c(CN(C)C2CC3CCC(C2)N3)c1. The van der Waals surface area contributed by atoms with E-state index < -0.39 is 0 Å². The van der Waals surface area contributed by atoms with Crippen molar-refractivity contribution in [3.05, 3.63) is 35.1 Å². The molecule has 2 fully saturated rings.